The summed E-state index contributed by atoms with van der Waals surface area (Å²) in [5, 5.41) is 12.2. The van der Waals surface area contributed by atoms with Gasteiger partial charge in [0.05, 0.1) is 13.5 Å². The minimum Gasteiger partial charge on any atom is -0.497 e. The zero-order chi connectivity index (χ0) is 16.9. The Balaban J connectivity index is 1.63. The number of halogens is 1. The summed E-state index contributed by atoms with van der Waals surface area (Å²) in [6.45, 7) is 0. The van der Waals surface area contributed by atoms with Crippen molar-refractivity contribution in [3.05, 3.63) is 58.6 Å². The quantitative estimate of drug-likeness (QED) is 0.694. The summed E-state index contributed by atoms with van der Waals surface area (Å²) in [5.74, 6) is 0.640. The van der Waals surface area contributed by atoms with Crippen molar-refractivity contribution in [2.45, 2.75) is 6.42 Å². The first-order valence-electron chi connectivity index (χ1n) is 7.16. The summed E-state index contributed by atoms with van der Waals surface area (Å²) < 4.78 is 6.11. The number of hydrogen-bond donors (Lipinski definition) is 1. The third-order valence-corrected chi connectivity index (χ3v) is 4.70. The number of rotatable bonds is 5. The van der Waals surface area contributed by atoms with Crippen LogP contribution in [0.1, 0.15) is 5.56 Å². The van der Waals surface area contributed by atoms with Gasteiger partial charge in [-0.3, -0.25) is 4.79 Å². The van der Waals surface area contributed by atoms with Crippen LogP contribution in [0.3, 0.4) is 0 Å². The van der Waals surface area contributed by atoms with Crippen LogP contribution in [0.4, 0.5) is 5.13 Å². The molecular formula is C17H14BrN3O2S. The fourth-order valence-electron chi connectivity index (χ4n) is 2.08. The monoisotopic (exact) mass is 403 g/mol. The predicted octanol–water partition coefficient (Wildman–Crippen LogP) is 4.16. The maximum Gasteiger partial charge on any atom is 0.230 e. The van der Waals surface area contributed by atoms with Gasteiger partial charge < -0.3 is 10.1 Å². The molecule has 0 aliphatic carbocycles. The fraction of sp³-hybridized carbons (Fsp3) is 0.118. The van der Waals surface area contributed by atoms with E-state index in [-0.39, 0.29) is 12.3 Å². The van der Waals surface area contributed by atoms with E-state index in [1.165, 1.54) is 11.3 Å². The van der Waals surface area contributed by atoms with Crippen molar-refractivity contribution in [3.63, 3.8) is 0 Å². The van der Waals surface area contributed by atoms with E-state index in [1.54, 1.807) is 7.11 Å². The Bertz CT molecular complexity index is 832. The second-order valence-electron chi connectivity index (χ2n) is 4.99. The molecule has 0 fully saturated rings. The minimum atomic E-state index is -0.126. The number of nitrogens with zero attached hydrogens (tertiary/aromatic N) is 2. The van der Waals surface area contributed by atoms with E-state index in [0.29, 0.717) is 5.13 Å². The number of nitrogens with one attached hydrogen (secondary N) is 1. The van der Waals surface area contributed by atoms with Crippen molar-refractivity contribution < 1.29 is 9.53 Å². The molecule has 0 saturated heterocycles. The van der Waals surface area contributed by atoms with E-state index < -0.39 is 0 Å². The van der Waals surface area contributed by atoms with Gasteiger partial charge in [-0.15, -0.1) is 10.2 Å². The number of methoxy groups -OCH3 is 1. The molecule has 7 heteroatoms. The molecule has 0 aliphatic heterocycles. The molecule has 0 bridgehead atoms. The maximum absolute atomic E-state index is 12.1. The summed E-state index contributed by atoms with van der Waals surface area (Å²) in [4.78, 5) is 12.1. The largest absolute Gasteiger partial charge is 0.497 e. The molecule has 1 heterocycles. The van der Waals surface area contributed by atoms with Gasteiger partial charge in [0.15, 0.2) is 0 Å². The molecule has 0 aliphatic rings. The lowest BCUT2D eigenvalue weighted by molar-refractivity contribution is -0.115. The van der Waals surface area contributed by atoms with Crippen LogP contribution in [0.15, 0.2) is 53.0 Å². The Morgan fingerprint density at radius 1 is 1.12 bits per heavy atom. The molecule has 0 radical (unpaired) electrons. The summed E-state index contributed by atoms with van der Waals surface area (Å²) >= 11 is 4.75. The van der Waals surface area contributed by atoms with Gasteiger partial charge in [0.25, 0.3) is 0 Å². The van der Waals surface area contributed by atoms with Gasteiger partial charge >= 0.3 is 0 Å². The first-order valence-corrected chi connectivity index (χ1v) is 8.77. The maximum atomic E-state index is 12.1. The topological polar surface area (TPSA) is 64.1 Å². The first-order chi connectivity index (χ1) is 11.6. The minimum absolute atomic E-state index is 0.126. The number of anilines is 1. The Hall–Kier alpha value is -2.25. The van der Waals surface area contributed by atoms with E-state index >= 15 is 0 Å². The summed E-state index contributed by atoms with van der Waals surface area (Å²) in [7, 11) is 1.61. The molecule has 3 rings (SSSR count). The van der Waals surface area contributed by atoms with Crippen LogP contribution in [0, 0.1) is 0 Å². The smallest absolute Gasteiger partial charge is 0.230 e. The van der Waals surface area contributed by atoms with Crippen LogP contribution in [0.25, 0.3) is 10.6 Å². The lowest BCUT2D eigenvalue weighted by atomic mass is 10.1. The predicted molar refractivity (Wildman–Crippen MR) is 98.4 cm³/mol. The Morgan fingerprint density at radius 2 is 1.83 bits per heavy atom. The number of carbonyl (C=O) groups excluding carboxylic acids is 1. The van der Waals surface area contributed by atoms with E-state index in [0.717, 1.165) is 26.4 Å². The van der Waals surface area contributed by atoms with Crippen molar-refractivity contribution in [3.8, 4) is 16.3 Å². The standard InChI is InChI=1S/C17H14BrN3O2S/c1-23-14-8-2-11(3-9-14)10-15(22)19-17-21-20-16(24-17)12-4-6-13(18)7-5-12/h2-9H,10H2,1H3,(H,19,21,22). The molecule has 24 heavy (non-hydrogen) atoms. The van der Waals surface area contributed by atoms with Crippen LogP contribution in [0.2, 0.25) is 0 Å². The van der Waals surface area contributed by atoms with Crippen LogP contribution in [-0.2, 0) is 11.2 Å². The normalized spacial score (nSPS) is 10.4. The molecule has 5 nitrogen and oxygen atoms in total. The van der Waals surface area contributed by atoms with E-state index in [4.69, 9.17) is 4.74 Å². The SMILES string of the molecule is COc1ccc(CC(=O)Nc2nnc(-c3ccc(Br)cc3)s2)cc1. The highest BCUT2D eigenvalue weighted by Crippen LogP contribution is 2.27. The van der Waals surface area contributed by atoms with Crippen LogP contribution < -0.4 is 10.1 Å². The highest BCUT2D eigenvalue weighted by Gasteiger charge is 2.10. The van der Waals surface area contributed by atoms with Crippen LogP contribution in [-0.4, -0.2) is 23.2 Å². The Labute approximate surface area is 151 Å². The van der Waals surface area contributed by atoms with Gasteiger partial charge in [0, 0.05) is 10.0 Å². The zero-order valence-electron chi connectivity index (χ0n) is 12.8. The molecule has 1 amide bonds. The summed E-state index contributed by atoms with van der Waals surface area (Å²) in [5.41, 5.74) is 1.87. The lowest BCUT2D eigenvalue weighted by Gasteiger charge is -2.03. The summed E-state index contributed by atoms with van der Waals surface area (Å²) in [6, 6.07) is 15.2. The molecule has 122 valence electrons. The summed E-state index contributed by atoms with van der Waals surface area (Å²) in [6.07, 6.45) is 0.275. The van der Waals surface area contributed by atoms with Crippen molar-refractivity contribution in [1.82, 2.24) is 10.2 Å². The third kappa shape index (κ3) is 4.18. The molecule has 0 spiro atoms. The zero-order valence-corrected chi connectivity index (χ0v) is 15.2. The third-order valence-electron chi connectivity index (χ3n) is 3.29. The average molecular weight is 404 g/mol. The average Bonchev–Trinajstić information content (AvgIpc) is 3.04. The van der Waals surface area contributed by atoms with Crippen molar-refractivity contribution in [1.29, 1.82) is 0 Å². The molecule has 3 aromatic rings. The van der Waals surface area contributed by atoms with Gasteiger partial charge in [0.1, 0.15) is 10.8 Å². The molecule has 2 aromatic carbocycles. The van der Waals surface area contributed by atoms with Crippen molar-refractivity contribution in [2.24, 2.45) is 0 Å². The number of aromatic nitrogens is 2. The fourth-order valence-corrected chi connectivity index (χ4v) is 3.10. The molecule has 0 saturated carbocycles. The highest BCUT2D eigenvalue weighted by molar-refractivity contribution is 9.10. The van der Waals surface area contributed by atoms with Gasteiger partial charge in [-0.1, -0.05) is 51.5 Å². The van der Waals surface area contributed by atoms with Gasteiger partial charge in [-0.2, -0.15) is 0 Å². The van der Waals surface area contributed by atoms with Gasteiger partial charge in [0.2, 0.25) is 11.0 Å². The van der Waals surface area contributed by atoms with Crippen LogP contribution >= 0.6 is 27.3 Å². The van der Waals surface area contributed by atoms with Gasteiger partial charge in [-0.25, -0.2) is 0 Å². The van der Waals surface area contributed by atoms with E-state index in [1.807, 2.05) is 48.5 Å². The Morgan fingerprint density at radius 3 is 2.50 bits per heavy atom. The van der Waals surface area contributed by atoms with Gasteiger partial charge in [-0.05, 0) is 29.8 Å². The molecule has 0 unspecified atom stereocenters. The Kier molecular flexibility index (Phi) is 5.22. The number of benzene rings is 2. The highest BCUT2D eigenvalue weighted by atomic mass is 79.9. The molecule has 1 aromatic heterocycles. The van der Waals surface area contributed by atoms with Crippen molar-refractivity contribution >= 4 is 38.3 Å². The first kappa shape index (κ1) is 16.6. The number of hydrogen-bond acceptors (Lipinski definition) is 5. The second kappa shape index (κ2) is 7.55. The lowest BCUT2D eigenvalue weighted by Crippen LogP contribution is -2.14. The molecular weight excluding hydrogens is 390 g/mol. The van der Waals surface area contributed by atoms with E-state index in [2.05, 4.69) is 31.4 Å². The van der Waals surface area contributed by atoms with E-state index in [9.17, 15) is 4.79 Å². The number of ether oxygens (including phenoxy) is 1. The number of carbonyl (C=O) groups is 1. The molecule has 1 N–H and O–H groups in total. The number of amides is 1. The molecule has 0 atom stereocenters. The second-order valence-corrected chi connectivity index (χ2v) is 6.89. The van der Waals surface area contributed by atoms with Crippen LogP contribution in [0.5, 0.6) is 5.75 Å². The van der Waals surface area contributed by atoms with Crippen molar-refractivity contribution in [2.75, 3.05) is 12.4 Å².